The number of ether oxygens (including phenoxy) is 2. The van der Waals surface area contributed by atoms with Crippen molar-refractivity contribution in [3.63, 3.8) is 0 Å². The highest BCUT2D eigenvalue weighted by molar-refractivity contribution is 5.88. The van der Waals surface area contributed by atoms with Crippen molar-refractivity contribution in [2.45, 2.75) is 38.8 Å². The van der Waals surface area contributed by atoms with Crippen LogP contribution < -0.4 is 10.1 Å². The average Bonchev–Trinajstić information content (AvgIpc) is 3.11. The molecule has 1 saturated heterocycles. The largest absolute Gasteiger partial charge is 0.491 e. The summed E-state index contributed by atoms with van der Waals surface area (Å²) in [6, 6.07) is 9.98. The van der Waals surface area contributed by atoms with Gasteiger partial charge >= 0.3 is 12.1 Å². The highest BCUT2D eigenvalue weighted by Gasteiger charge is 2.32. The lowest BCUT2D eigenvalue weighted by Crippen LogP contribution is -2.50. The molecule has 3 aromatic rings. The first kappa shape index (κ1) is 23.9. The van der Waals surface area contributed by atoms with E-state index in [2.05, 4.69) is 32.2 Å². The molecular formula is C26H31N5O5. The van der Waals surface area contributed by atoms with Crippen molar-refractivity contribution in [1.82, 2.24) is 19.8 Å². The monoisotopic (exact) mass is 493 g/mol. The van der Waals surface area contributed by atoms with Gasteiger partial charge in [0.15, 0.2) is 0 Å². The number of hydrogen-bond acceptors (Lipinski definition) is 6. The van der Waals surface area contributed by atoms with E-state index in [0.29, 0.717) is 51.6 Å². The van der Waals surface area contributed by atoms with Crippen molar-refractivity contribution in [3.05, 3.63) is 41.5 Å². The molecule has 10 heteroatoms. The van der Waals surface area contributed by atoms with Gasteiger partial charge in [-0.3, -0.25) is 5.32 Å². The van der Waals surface area contributed by atoms with E-state index in [9.17, 15) is 14.7 Å². The summed E-state index contributed by atoms with van der Waals surface area (Å²) < 4.78 is 10.7. The fourth-order valence-electron chi connectivity index (χ4n) is 4.82. The van der Waals surface area contributed by atoms with Gasteiger partial charge in [-0.15, -0.1) is 0 Å². The molecule has 3 amide bonds. The van der Waals surface area contributed by atoms with Crippen LogP contribution in [0.5, 0.6) is 5.75 Å². The summed E-state index contributed by atoms with van der Waals surface area (Å²) in [5, 5.41) is 12.8. The van der Waals surface area contributed by atoms with Crippen LogP contribution in [0.3, 0.4) is 0 Å². The van der Waals surface area contributed by atoms with E-state index in [1.165, 1.54) is 7.11 Å². The zero-order chi connectivity index (χ0) is 25.4. The first-order valence-electron chi connectivity index (χ1n) is 12.1. The molecule has 10 nitrogen and oxygen atoms in total. The van der Waals surface area contributed by atoms with E-state index in [1.54, 1.807) is 0 Å². The Hall–Kier alpha value is -3.79. The van der Waals surface area contributed by atoms with Crippen molar-refractivity contribution in [2.75, 3.05) is 38.7 Å². The Balaban J connectivity index is 1.40. The van der Waals surface area contributed by atoms with Crippen molar-refractivity contribution >= 4 is 29.1 Å². The quantitative estimate of drug-likeness (QED) is 0.498. The number of nitrogens with one attached hydrogen (secondary N) is 2. The zero-order valence-electron chi connectivity index (χ0n) is 20.8. The zero-order valence-corrected chi connectivity index (χ0v) is 20.8. The second-order valence-corrected chi connectivity index (χ2v) is 9.75. The number of amides is 3. The standard InChI is InChI=1S/C26H31N5O5/c1-16-12-18(17-4-5-20-21(14-17)28-23(27-20)29-24(32)35-3)13-19-15-31(10-11-36-22(16)19)25(33)30-8-6-26(2,34)7-9-30/h4-5,12-14,34H,6-11,15H2,1-3H3,(H2,27,28,29,32). The van der Waals surface area contributed by atoms with Crippen LogP contribution in [0.2, 0.25) is 0 Å². The molecule has 0 saturated carbocycles. The van der Waals surface area contributed by atoms with Gasteiger partial charge in [-0.1, -0.05) is 6.07 Å². The van der Waals surface area contributed by atoms with Gasteiger partial charge in [-0.2, -0.15) is 0 Å². The number of likely N-dealkylation sites (tertiary alicyclic amines) is 1. The van der Waals surface area contributed by atoms with Crippen LogP contribution in [0, 0.1) is 6.92 Å². The van der Waals surface area contributed by atoms with Gasteiger partial charge in [0.1, 0.15) is 12.4 Å². The second-order valence-electron chi connectivity index (χ2n) is 9.75. The number of aromatic nitrogens is 2. The molecule has 1 fully saturated rings. The number of urea groups is 1. The first-order chi connectivity index (χ1) is 17.2. The Morgan fingerprint density at radius 3 is 2.67 bits per heavy atom. The van der Waals surface area contributed by atoms with Gasteiger partial charge in [0.25, 0.3) is 0 Å². The van der Waals surface area contributed by atoms with Gasteiger partial charge in [0, 0.05) is 18.7 Å². The number of benzene rings is 2. The van der Waals surface area contributed by atoms with Crippen LogP contribution >= 0.6 is 0 Å². The highest BCUT2D eigenvalue weighted by atomic mass is 16.5. The van der Waals surface area contributed by atoms with Gasteiger partial charge in [0.05, 0.1) is 36.8 Å². The number of H-pyrrole nitrogens is 1. The third-order valence-corrected chi connectivity index (χ3v) is 6.92. The lowest BCUT2D eigenvalue weighted by molar-refractivity contribution is 0.000208. The molecule has 0 spiro atoms. The fourth-order valence-corrected chi connectivity index (χ4v) is 4.82. The predicted octanol–water partition coefficient (Wildman–Crippen LogP) is 3.88. The Kier molecular flexibility index (Phi) is 6.21. The molecule has 0 atom stereocenters. The number of rotatable bonds is 2. The first-order valence-corrected chi connectivity index (χ1v) is 12.1. The second kappa shape index (κ2) is 9.34. The number of anilines is 1. The Labute approximate surface area is 209 Å². The van der Waals surface area contributed by atoms with E-state index in [4.69, 9.17) is 4.74 Å². The summed E-state index contributed by atoms with van der Waals surface area (Å²) in [6.07, 6.45) is 0.566. The maximum absolute atomic E-state index is 13.3. The predicted molar refractivity (Wildman–Crippen MR) is 135 cm³/mol. The molecule has 3 heterocycles. The molecule has 0 aliphatic carbocycles. The van der Waals surface area contributed by atoms with Crippen LogP contribution in [-0.4, -0.2) is 76.0 Å². The SMILES string of the molecule is COC(=O)Nc1nc2ccc(-c3cc(C)c4c(c3)CN(C(=O)N3CCC(C)(O)CC3)CCO4)cc2[nH]1. The smallest absolute Gasteiger partial charge is 0.413 e. The lowest BCUT2D eigenvalue weighted by atomic mass is 9.94. The molecular weight excluding hydrogens is 462 g/mol. The number of carbonyl (C=O) groups is 2. The Bertz CT molecular complexity index is 1310. The van der Waals surface area contributed by atoms with Crippen LogP contribution in [0.1, 0.15) is 30.9 Å². The number of hydrogen-bond donors (Lipinski definition) is 3. The molecule has 190 valence electrons. The van der Waals surface area contributed by atoms with Gasteiger partial charge in [0.2, 0.25) is 5.95 Å². The number of piperidine rings is 1. The summed E-state index contributed by atoms with van der Waals surface area (Å²) >= 11 is 0. The normalized spacial score (nSPS) is 17.2. The molecule has 1 aromatic heterocycles. The Morgan fingerprint density at radius 1 is 1.14 bits per heavy atom. The number of aromatic amines is 1. The van der Waals surface area contributed by atoms with Crippen molar-refractivity contribution < 1.29 is 24.2 Å². The van der Waals surface area contributed by atoms with Crippen LogP contribution in [0.15, 0.2) is 30.3 Å². The Morgan fingerprint density at radius 2 is 1.92 bits per heavy atom. The number of aliphatic hydroxyl groups is 1. The number of methoxy groups -OCH3 is 1. The van der Waals surface area contributed by atoms with Crippen molar-refractivity contribution in [2.24, 2.45) is 0 Å². The van der Waals surface area contributed by atoms with Crippen LogP contribution in [-0.2, 0) is 11.3 Å². The summed E-state index contributed by atoms with van der Waals surface area (Å²) in [4.78, 5) is 35.9. The van der Waals surface area contributed by atoms with E-state index >= 15 is 0 Å². The number of carbonyl (C=O) groups excluding carboxylic acids is 2. The van der Waals surface area contributed by atoms with Gasteiger partial charge < -0.3 is 29.4 Å². The molecule has 0 radical (unpaired) electrons. The maximum Gasteiger partial charge on any atom is 0.413 e. The topological polar surface area (TPSA) is 120 Å². The van der Waals surface area contributed by atoms with Crippen molar-refractivity contribution in [3.8, 4) is 16.9 Å². The average molecular weight is 494 g/mol. The minimum Gasteiger partial charge on any atom is -0.491 e. The molecule has 2 aromatic carbocycles. The number of fused-ring (bicyclic) bond motifs is 2. The summed E-state index contributed by atoms with van der Waals surface area (Å²) in [7, 11) is 1.30. The molecule has 36 heavy (non-hydrogen) atoms. The molecule has 0 unspecified atom stereocenters. The minimum absolute atomic E-state index is 0.0190. The third kappa shape index (κ3) is 4.81. The lowest BCUT2D eigenvalue weighted by Gasteiger charge is -2.38. The van der Waals surface area contributed by atoms with E-state index in [0.717, 1.165) is 39.0 Å². The molecule has 2 aliphatic rings. The van der Waals surface area contributed by atoms with Gasteiger partial charge in [-0.25, -0.2) is 14.6 Å². The van der Waals surface area contributed by atoms with Crippen LogP contribution in [0.25, 0.3) is 22.2 Å². The number of imidazole rings is 1. The van der Waals surface area contributed by atoms with E-state index < -0.39 is 11.7 Å². The summed E-state index contributed by atoms with van der Waals surface area (Å²) in [5.41, 5.74) is 4.72. The molecule has 0 bridgehead atoms. The maximum atomic E-state index is 13.3. The number of nitrogens with zero attached hydrogens (tertiary/aromatic N) is 3. The van der Waals surface area contributed by atoms with Gasteiger partial charge in [-0.05, 0) is 67.6 Å². The fraction of sp³-hybridized carbons (Fsp3) is 0.423. The molecule has 3 N–H and O–H groups in total. The molecule has 2 aliphatic heterocycles. The van der Waals surface area contributed by atoms with Crippen molar-refractivity contribution in [1.29, 1.82) is 0 Å². The highest BCUT2D eigenvalue weighted by Crippen LogP contribution is 2.34. The minimum atomic E-state index is -0.705. The summed E-state index contributed by atoms with van der Waals surface area (Å²) in [5.74, 6) is 1.14. The van der Waals surface area contributed by atoms with Crippen LogP contribution in [0.4, 0.5) is 15.5 Å². The van der Waals surface area contributed by atoms with E-state index in [1.807, 2.05) is 41.8 Å². The third-order valence-electron chi connectivity index (χ3n) is 6.92. The van der Waals surface area contributed by atoms with E-state index in [-0.39, 0.29) is 6.03 Å². The number of aryl methyl sites for hydroxylation is 1. The molecule has 5 rings (SSSR count). The summed E-state index contributed by atoms with van der Waals surface area (Å²) in [6.45, 7) is 6.32.